The van der Waals surface area contributed by atoms with Gasteiger partial charge >= 0.3 is 0 Å². The maximum absolute atomic E-state index is 12.3. The fraction of sp³-hybridized carbons (Fsp3) is 0.250. The Morgan fingerprint density at radius 2 is 2.38 bits per heavy atom. The van der Waals surface area contributed by atoms with Crippen molar-refractivity contribution in [1.29, 1.82) is 0 Å². The minimum Gasteiger partial charge on any atom is -0.384 e. The maximum Gasteiger partial charge on any atom is 0.252 e. The summed E-state index contributed by atoms with van der Waals surface area (Å²) in [6.45, 7) is 1.34. The van der Waals surface area contributed by atoms with E-state index < -0.39 is 18.0 Å². The van der Waals surface area contributed by atoms with Crippen LogP contribution in [0.5, 0.6) is 0 Å². The zero-order valence-corrected chi connectivity index (χ0v) is 6.99. The Hall–Kier alpha value is -1.49. The van der Waals surface area contributed by atoms with Gasteiger partial charge in [-0.15, -0.1) is 0 Å². The molecule has 0 fully saturated rings. The van der Waals surface area contributed by atoms with E-state index in [1.54, 1.807) is 0 Å². The standard InChI is InChI=1S/C8H9FN2O2/c1-5(12)8(13)11-6-2-3-7(9)10-4-6/h2-5,12H,1H3,(H,11,13)/t5-/m1/s1. The number of aromatic nitrogens is 1. The Balaban J connectivity index is 2.65. The summed E-state index contributed by atoms with van der Waals surface area (Å²) in [6, 6.07) is 2.49. The van der Waals surface area contributed by atoms with Crippen LogP contribution in [0, 0.1) is 5.95 Å². The number of amides is 1. The first-order valence-electron chi connectivity index (χ1n) is 3.70. The van der Waals surface area contributed by atoms with Crippen molar-refractivity contribution in [2.75, 3.05) is 5.32 Å². The highest BCUT2D eigenvalue weighted by molar-refractivity contribution is 5.93. The lowest BCUT2D eigenvalue weighted by Crippen LogP contribution is -2.24. The quantitative estimate of drug-likeness (QED) is 0.659. The lowest BCUT2D eigenvalue weighted by Gasteiger charge is -2.05. The number of nitrogens with zero attached hydrogens (tertiary/aromatic N) is 1. The van der Waals surface area contributed by atoms with E-state index in [0.717, 1.165) is 6.07 Å². The molecule has 1 atom stereocenters. The predicted octanol–water partition coefficient (Wildman–Crippen LogP) is 0.540. The van der Waals surface area contributed by atoms with Crippen LogP contribution < -0.4 is 5.32 Å². The number of rotatable bonds is 2. The Kier molecular flexibility index (Phi) is 2.92. The number of hydrogen-bond acceptors (Lipinski definition) is 3. The molecular weight excluding hydrogens is 175 g/mol. The molecule has 13 heavy (non-hydrogen) atoms. The van der Waals surface area contributed by atoms with E-state index in [1.807, 2.05) is 0 Å². The van der Waals surface area contributed by atoms with Crippen LogP contribution in [0.1, 0.15) is 6.92 Å². The smallest absolute Gasteiger partial charge is 0.252 e. The molecule has 0 aromatic carbocycles. The van der Waals surface area contributed by atoms with Gasteiger partial charge in [0, 0.05) is 0 Å². The van der Waals surface area contributed by atoms with Crippen molar-refractivity contribution in [2.24, 2.45) is 0 Å². The van der Waals surface area contributed by atoms with Crippen molar-refractivity contribution in [3.05, 3.63) is 24.3 Å². The lowest BCUT2D eigenvalue weighted by atomic mass is 10.3. The molecule has 0 saturated heterocycles. The summed E-state index contributed by atoms with van der Waals surface area (Å²) < 4.78 is 12.3. The molecule has 1 aromatic heterocycles. The zero-order valence-electron chi connectivity index (χ0n) is 6.99. The van der Waals surface area contributed by atoms with Crippen LogP contribution in [0.25, 0.3) is 0 Å². The van der Waals surface area contributed by atoms with Crippen molar-refractivity contribution in [1.82, 2.24) is 4.98 Å². The SMILES string of the molecule is C[C@@H](O)C(=O)Nc1ccc(F)nc1. The number of aliphatic hydroxyl groups excluding tert-OH is 1. The third-order valence-corrected chi connectivity index (χ3v) is 1.37. The van der Waals surface area contributed by atoms with Gasteiger partial charge in [0.15, 0.2) is 0 Å². The molecule has 70 valence electrons. The first-order chi connectivity index (χ1) is 6.09. The summed E-state index contributed by atoms with van der Waals surface area (Å²) in [5, 5.41) is 11.2. The van der Waals surface area contributed by atoms with Gasteiger partial charge in [-0.3, -0.25) is 4.79 Å². The van der Waals surface area contributed by atoms with E-state index in [1.165, 1.54) is 19.2 Å². The number of anilines is 1. The van der Waals surface area contributed by atoms with Crippen LogP contribution in [0.15, 0.2) is 18.3 Å². The normalized spacial score (nSPS) is 12.2. The summed E-state index contributed by atoms with van der Waals surface area (Å²) in [4.78, 5) is 14.2. The number of carbonyl (C=O) groups is 1. The molecule has 5 heteroatoms. The lowest BCUT2D eigenvalue weighted by molar-refractivity contribution is -0.123. The fourth-order valence-corrected chi connectivity index (χ4v) is 0.696. The largest absolute Gasteiger partial charge is 0.384 e. The summed E-state index contributed by atoms with van der Waals surface area (Å²) in [6.07, 6.45) is 0.0837. The minimum atomic E-state index is -1.09. The van der Waals surface area contributed by atoms with Gasteiger partial charge in [-0.05, 0) is 19.1 Å². The van der Waals surface area contributed by atoms with Crippen molar-refractivity contribution in [2.45, 2.75) is 13.0 Å². The van der Waals surface area contributed by atoms with E-state index in [4.69, 9.17) is 5.11 Å². The monoisotopic (exact) mass is 184 g/mol. The van der Waals surface area contributed by atoms with Crippen molar-refractivity contribution >= 4 is 11.6 Å². The first kappa shape index (κ1) is 9.60. The summed E-state index contributed by atoms with van der Waals surface area (Å²) in [5.74, 6) is -1.16. The van der Waals surface area contributed by atoms with Gasteiger partial charge in [-0.25, -0.2) is 4.98 Å². The molecule has 2 N–H and O–H groups in total. The van der Waals surface area contributed by atoms with Crippen LogP contribution in [0.2, 0.25) is 0 Å². The van der Waals surface area contributed by atoms with Gasteiger partial charge in [0.25, 0.3) is 5.91 Å². The van der Waals surface area contributed by atoms with Crippen LogP contribution in [-0.2, 0) is 4.79 Å². The molecule has 0 aliphatic heterocycles. The topological polar surface area (TPSA) is 62.2 Å². The summed E-state index contributed by atoms with van der Waals surface area (Å²) in [5.41, 5.74) is 0.354. The average molecular weight is 184 g/mol. The van der Waals surface area contributed by atoms with E-state index in [-0.39, 0.29) is 0 Å². The number of aliphatic hydroxyl groups is 1. The van der Waals surface area contributed by atoms with Gasteiger partial charge in [0.2, 0.25) is 5.95 Å². The molecule has 0 aliphatic rings. The number of nitrogens with one attached hydrogen (secondary N) is 1. The molecular formula is C8H9FN2O2. The number of carbonyl (C=O) groups excluding carboxylic acids is 1. The van der Waals surface area contributed by atoms with Crippen LogP contribution >= 0.6 is 0 Å². The van der Waals surface area contributed by atoms with Crippen LogP contribution in [-0.4, -0.2) is 22.1 Å². The van der Waals surface area contributed by atoms with Crippen molar-refractivity contribution in [3.8, 4) is 0 Å². The molecule has 1 rings (SSSR count). The molecule has 0 radical (unpaired) electrons. The molecule has 0 bridgehead atoms. The van der Waals surface area contributed by atoms with Gasteiger partial charge in [-0.2, -0.15) is 4.39 Å². The molecule has 0 unspecified atom stereocenters. The third kappa shape index (κ3) is 2.79. The molecule has 4 nitrogen and oxygen atoms in total. The van der Waals surface area contributed by atoms with Gasteiger partial charge in [0.1, 0.15) is 6.10 Å². The van der Waals surface area contributed by atoms with E-state index >= 15 is 0 Å². The predicted molar refractivity (Wildman–Crippen MR) is 44.5 cm³/mol. The molecule has 0 aliphatic carbocycles. The van der Waals surface area contributed by atoms with Gasteiger partial charge in [0.05, 0.1) is 11.9 Å². The minimum absolute atomic E-state index is 0.354. The van der Waals surface area contributed by atoms with Gasteiger partial charge < -0.3 is 10.4 Å². The molecule has 0 saturated carbocycles. The fourth-order valence-electron chi connectivity index (χ4n) is 0.696. The van der Waals surface area contributed by atoms with Crippen LogP contribution in [0.3, 0.4) is 0 Å². The van der Waals surface area contributed by atoms with Crippen molar-refractivity contribution < 1.29 is 14.3 Å². The Bertz CT molecular complexity index is 298. The highest BCUT2D eigenvalue weighted by Crippen LogP contribution is 2.05. The van der Waals surface area contributed by atoms with E-state index in [9.17, 15) is 9.18 Å². The van der Waals surface area contributed by atoms with Crippen molar-refractivity contribution in [3.63, 3.8) is 0 Å². The Morgan fingerprint density at radius 3 is 2.85 bits per heavy atom. The summed E-state index contributed by atoms with van der Waals surface area (Å²) >= 11 is 0. The Labute approximate surface area is 74.4 Å². The third-order valence-electron chi connectivity index (χ3n) is 1.37. The Morgan fingerprint density at radius 1 is 1.69 bits per heavy atom. The molecule has 1 heterocycles. The number of hydrogen-bond donors (Lipinski definition) is 2. The number of halogens is 1. The second kappa shape index (κ2) is 3.95. The average Bonchev–Trinajstić information content (AvgIpc) is 2.08. The van der Waals surface area contributed by atoms with Gasteiger partial charge in [-0.1, -0.05) is 0 Å². The molecule has 1 aromatic rings. The second-order valence-corrected chi connectivity index (χ2v) is 2.53. The summed E-state index contributed by atoms with van der Waals surface area (Å²) in [7, 11) is 0. The van der Waals surface area contributed by atoms with Crippen LogP contribution in [0.4, 0.5) is 10.1 Å². The zero-order chi connectivity index (χ0) is 9.84. The van der Waals surface area contributed by atoms with E-state index in [0.29, 0.717) is 5.69 Å². The maximum atomic E-state index is 12.3. The highest BCUT2D eigenvalue weighted by Gasteiger charge is 2.08. The van der Waals surface area contributed by atoms with E-state index in [2.05, 4.69) is 10.3 Å². The first-order valence-corrected chi connectivity index (χ1v) is 3.70. The number of pyridine rings is 1. The highest BCUT2D eigenvalue weighted by atomic mass is 19.1. The molecule has 0 spiro atoms. The second-order valence-electron chi connectivity index (χ2n) is 2.53. The molecule has 1 amide bonds.